The molecule has 2 nitrogen and oxygen atoms in total. The van der Waals surface area contributed by atoms with E-state index < -0.39 is 0 Å². The molecule has 0 aromatic heterocycles. The monoisotopic (exact) mass is 260 g/mol. The molecule has 0 fully saturated rings. The zero-order chi connectivity index (χ0) is 13.8. The third-order valence-electron chi connectivity index (χ3n) is 4.38. The number of carbonyl (C=O) groups is 2. The van der Waals surface area contributed by atoms with Crippen LogP contribution >= 0.6 is 0 Å². The van der Waals surface area contributed by atoms with E-state index in [1.807, 2.05) is 0 Å². The summed E-state index contributed by atoms with van der Waals surface area (Å²) in [6.45, 7) is 4.49. The molecule has 2 heteroatoms. The van der Waals surface area contributed by atoms with Crippen molar-refractivity contribution in [1.29, 1.82) is 0 Å². The van der Waals surface area contributed by atoms with E-state index in [-0.39, 0.29) is 0 Å². The Balaban J connectivity index is 2.10. The normalized spacial score (nSPS) is 25.1. The van der Waals surface area contributed by atoms with Crippen molar-refractivity contribution in [1.82, 2.24) is 0 Å². The first-order valence-electron chi connectivity index (χ1n) is 7.46. The molecule has 2 aliphatic carbocycles. The molecule has 0 aliphatic heterocycles. The molecule has 0 amide bonds. The van der Waals surface area contributed by atoms with Crippen LogP contribution in [0.1, 0.15) is 58.8 Å². The molecule has 0 aromatic rings. The van der Waals surface area contributed by atoms with Crippen LogP contribution in [0, 0.1) is 11.8 Å². The van der Waals surface area contributed by atoms with E-state index in [2.05, 4.69) is 26.0 Å². The molecule has 2 aliphatic rings. The molecule has 0 radical (unpaired) electrons. The minimum absolute atomic E-state index is 0.356. The fourth-order valence-electron chi connectivity index (χ4n) is 3.15. The smallest absolute Gasteiger partial charge is 0.136 e. The zero-order valence-electron chi connectivity index (χ0n) is 12.1. The van der Waals surface area contributed by atoms with Gasteiger partial charge >= 0.3 is 0 Å². The van der Waals surface area contributed by atoms with Crippen LogP contribution in [0.5, 0.6) is 0 Å². The predicted molar refractivity (Wildman–Crippen MR) is 76.8 cm³/mol. The van der Waals surface area contributed by atoms with E-state index in [0.29, 0.717) is 42.7 Å². The Hall–Kier alpha value is -1.18. The zero-order valence-corrected chi connectivity index (χ0v) is 12.1. The molecule has 0 heterocycles. The van der Waals surface area contributed by atoms with E-state index >= 15 is 0 Å². The number of allylic oxidation sites excluding steroid dienone is 4. The topological polar surface area (TPSA) is 34.1 Å². The lowest BCUT2D eigenvalue weighted by atomic mass is 9.81. The van der Waals surface area contributed by atoms with Crippen molar-refractivity contribution in [3.8, 4) is 0 Å². The maximum Gasteiger partial charge on any atom is 0.136 e. The largest absolute Gasteiger partial charge is 0.299 e. The average Bonchev–Trinajstić information content (AvgIpc) is 2.55. The number of hydrogen-bond donors (Lipinski definition) is 0. The quantitative estimate of drug-likeness (QED) is 0.718. The van der Waals surface area contributed by atoms with Crippen molar-refractivity contribution in [3.05, 3.63) is 23.3 Å². The molecule has 104 valence electrons. The summed E-state index contributed by atoms with van der Waals surface area (Å²) in [4.78, 5) is 22.9. The second kappa shape index (κ2) is 6.31. The lowest BCUT2D eigenvalue weighted by molar-refractivity contribution is -0.119. The SMILES string of the molecule is CC(C)C1CCC(=O)CC=C1CC1=CCC(=O)CC1. The van der Waals surface area contributed by atoms with Crippen LogP contribution in [0.25, 0.3) is 0 Å². The summed E-state index contributed by atoms with van der Waals surface area (Å²) < 4.78 is 0. The first-order valence-corrected chi connectivity index (χ1v) is 7.46. The van der Waals surface area contributed by atoms with E-state index in [1.165, 1.54) is 11.1 Å². The molecule has 1 unspecified atom stereocenters. The van der Waals surface area contributed by atoms with Crippen LogP contribution in [-0.4, -0.2) is 11.6 Å². The Morgan fingerprint density at radius 3 is 2.37 bits per heavy atom. The van der Waals surface area contributed by atoms with Crippen molar-refractivity contribution in [2.75, 3.05) is 0 Å². The average molecular weight is 260 g/mol. The number of hydrogen-bond acceptors (Lipinski definition) is 2. The number of rotatable bonds is 3. The Kier molecular flexibility index (Phi) is 4.73. The van der Waals surface area contributed by atoms with Gasteiger partial charge in [0.05, 0.1) is 0 Å². The Bertz CT molecular complexity index is 427. The maximum absolute atomic E-state index is 11.6. The minimum Gasteiger partial charge on any atom is -0.299 e. The summed E-state index contributed by atoms with van der Waals surface area (Å²) in [5.41, 5.74) is 2.83. The Morgan fingerprint density at radius 1 is 1.05 bits per heavy atom. The third kappa shape index (κ3) is 3.89. The Morgan fingerprint density at radius 2 is 1.74 bits per heavy atom. The second-order valence-corrected chi connectivity index (χ2v) is 6.19. The predicted octanol–water partition coefficient (Wildman–Crippen LogP) is 4.01. The van der Waals surface area contributed by atoms with Gasteiger partial charge in [-0.25, -0.2) is 0 Å². The van der Waals surface area contributed by atoms with Gasteiger partial charge in [-0.2, -0.15) is 0 Å². The lowest BCUT2D eigenvalue weighted by Crippen LogP contribution is -2.13. The summed E-state index contributed by atoms with van der Waals surface area (Å²) in [6.07, 6.45) is 9.78. The lowest BCUT2D eigenvalue weighted by Gasteiger charge is -2.24. The van der Waals surface area contributed by atoms with Crippen LogP contribution in [-0.2, 0) is 9.59 Å². The van der Waals surface area contributed by atoms with Gasteiger partial charge in [-0.1, -0.05) is 37.1 Å². The molecule has 0 aromatic carbocycles. The fourth-order valence-corrected chi connectivity index (χ4v) is 3.15. The van der Waals surface area contributed by atoms with E-state index in [1.54, 1.807) is 0 Å². The first-order chi connectivity index (χ1) is 9.06. The molecule has 0 N–H and O–H groups in total. The Labute approximate surface area is 116 Å². The van der Waals surface area contributed by atoms with Gasteiger partial charge in [0, 0.05) is 25.7 Å². The standard InChI is InChI=1S/C17H24O2/c1-12(2)17-10-9-16(19)8-5-14(17)11-13-3-6-15(18)7-4-13/h3,5,12,17H,4,6-11H2,1-2H3. The highest BCUT2D eigenvalue weighted by Gasteiger charge is 2.23. The fraction of sp³-hybridized carbons (Fsp3) is 0.647. The highest BCUT2D eigenvalue weighted by molar-refractivity contribution is 5.81. The van der Waals surface area contributed by atoms with Crippen LogP contribution in [0.2, 0.25) is 0 Å². The van der Waals surface area contributed by atoms with Crippen LogP contribution in [0.15, 0.2) is 23.3 Å². The summed E-state index contributed by atoms with van der Waals surface area (Å²) >= 11 is 0. The number of ketones is 2. The summed E-state index contributed by atoms with van der Waals surface area (Å²) in [6, 6.07) is 0. The summed E-state index contributed by atoms with van der Waals surface area (Å²) in [7, 11) is 0. The molecule has 0 saturated carbocycles. The van der Waals surface area contributed by atoms with Crippen molar-refractivity contribution in [2.45, 2.75) is 58.8 Å². The van der Waals surface area contributed by atoms with Crippen LogP contribution in [0.4, 0.5) is 0 Å². The van der Waals surface area contributed by atoms with Gasteiger partial charge in [0.25, 0.3) is 0 Å². The van der Waals surface area contributed by atoms with E-state index in [9.17, 15) is 9.59 Å². The molecule has 0 saturated heterocycles. The van der Waals surface area contributed by atoms with Gasteiger partial charge in [-0.05, 0) is 31.1 Å². The van der Waals surface area contributed by atoms with Gasteiger partial charge in [-0.15, -0.1) is 0 Å². The van der Waals surface area contributed by atoms with Gasteiger partial charge in [0.1, 0.15) is 11.6 Å². The summed E-state index contributed by atoms with van der Waals surface area (Å²) in [5.74, 6) is 1.84. The first kappa shape index (κ1) is 14.2. The molecule has 1 atom stereocenters. The summed E-state index contributed by atoms with van der Waals surface area (Å²) in [5, 5.41) is 0. The van der Waals surface area contributed by atoms with Gasteiger partial charge in [0.2, 0.25) is 0 Å². The maximum atomic E-state index is 11.6. The van der Waals surface area contributed by atoms with Crippen molar-refractivity contribution in [3.63, 3.8) is 0 Å². The molecule has 0 bridgehead atoms. The number of Topliss-reactive ketones (excluding diaryl/α,β-unsaturated/α-hetero) is 2. The molecule has 19 heavy (non-hydrogen) atoms. The molecular weight excluding hydrogens is 236 g/mol. The third-order valence-corrected chi connectivity index (χ3v) is 4.38. The van der Waals surface area contributed by atoms with E-state index in [4.69, 9.17) is 0 Å². The van der Waals surface area contributed by atoms with Crippen LogP contribution in [0.3, 0.4) is 0 Å². The highest BCUT2D eigenvalue weighted by Crippen LogP contribution is 2.34. The van der Waals surface area contributed by atoms with Crippen molar-refractivity contribution in [2.24, 2.45) is 11.8 Å². The van der Waals surface area contributed by atoms with E-state index in [0.717, 1.165) is 25.7 Å². The second-order valence-electron chi connectivity index (χ2n) is 6.19. The van der Waals surface area contributed by atoms with Crippen LogP contribution < -0.4 is 0 Å². The molecule has 2 rings (SSSR count). The highest BCUT2D eigenvalue weighted by atomic mass is 16.1. The van der Waals surface area contributed by atoms with Gasteiger partial charge in [0.15, 0.2) is 0 Å². The minimum atomic E-state index is 0.356. The number of carbonyl (C=O) groups excluding carboxylic acids is 2. The molecule has 0 spiro atoms. The van der Waals surface area contributed by atoms with Gasteiger partial charge < -0.3 is 0 Å². The van der Waals surface area contributed by atoms with Crippen molar-refractivity contribution >= 4 is 11.6 Å². The van der Waals surface area contributed by atoms with Gasteiger partial charge in [-0.3, -0.25) is 9.59 Å². The molecular formula is C17H24O2. The van der Waals surface area contributed by atoms with Crippen molar-refractivity contribution < 1.29 is 9.59 Å².